The molecule has 0 aliphatic rings. The van der Waals surface area contributed by atoms with Crippen molar-refractivity contribution in [1.29, 1.82) is 0 Å². The van der Waals surface area contributed by atoms with Crippen molar-refractivity contribution in [2.45, 2.75) is 12.8 Å². The monoisotopic (exact) mass is 291 g/mol. The first-order valence-corrected chi connectivity index (χ1v) is 6.33. The number of aromatic nitrogens is 2. The summed E-state index contributed by atoms with van der Waals surface area (Å²) in [5.74, 6) is -1.37. The third-order valence-electron chi connectivity index (χ3n) is 2.69. The van der Waals surface area contributed by atoms with Gasteiger partial charge in [-0.1, -0.05) is 0 Å². The van der Waals surface area contributed by atoms with Gasteiger partial charge in [0.15, 0.2) is 5.69 Å². The average Bonchev–Trinajstić information content (AvgIpc) is 2.94. The molecule has 2 N–H and O–H groups in total. The number of primary amides is 1. The van der Waals surface area contributed by atoms with Gasteiger partial charge >= 0.3 is 5.97 Å². The zero-order chi connectivity index (χ0) is 15.2. The van der Waals surface area contributed by atoms with Crippen LogP contribution in [0.3, 0.4) is 0 Å². The number of amides is 1. The molecule has 0 aliphatic heterocycles. The summed E-state index contributed by atoms with van der Waals surface area (Å²) >= 11 is 0. The highest BCUT2D eigenvalue weighted by atomic mass is 19.1. The molecule has 0 atom stereocenters. The topological polar surface area (TPSA) is 87.2 Å². The quantitative estimate of drug-likeness (QED) is 0.644. The zero-order valence-corrected chi connectivity index (χ0v) is 11.2. The molecule has 0 radical (unpaired) electrons. The summed E-state index contributed by atoms with van der Waals surface area (Å²) in [7, 11) is 0. The number of esters is 1. The van der Waals surface area contributed by atoms with Crippen LogP contribution in [-0.4, -0.2) is 28.3 Å². The molecule has 2 aromatic rings. The van der Waals surface area contributed by atoms with Crippen molar-refractivity contribution in [2.24, 2.45) is 5.73 Å². The highest BCUT2D eigenvalue weighted by molar-refractivity contribution is 5.87. The third-order valence-corrected chi connectivity index (χ3v) is 2.69. The summed E-state index contributed by atoms with van der Waals surface area (Å²) in [5, 5.41) is 4.05. The minimum absolute atomic E-state index is 0.102. The van der Waals surface area contributed by atoms with E-state index in [9.17, 15) is 14.0 Å². The van der Waals surface area contributed by atoms with Gasteiger partial charge in [-0.05, 0) is 36.8 Å². The molecular weight excluding hydrogens is 277 g/mol. The van der Waals surface area contributed by atoms with Crippen LogP contribution in [0, 0.1) is 5.82 Å². The molecule has 0 aliphatic carbocycles. The van der Waals surface area contributed by atoms with Gasteiger partial charge in [0, 0.05) is 12.6 Å². The number of hydrogen-bond donors (Lipinski definition) is 1. The Labute approximate surface area is 120 Å². The average molecular weight is 291 g/mol. The number of nitrogens with two attached hydrogens (primary N) is 1. The first-order chi connectivity index (χ1) is 10.1. The summed E-state index contributed by atoms with van der Waals surface area (Å²) in [5.41, 5.74) is 5.74. The normalized spacial score (nSPS) is 10.3. The molecule has 2 rings (SSSR count). The lowest BCUT2D eigenvalue weighted by Gasteiger charge is -2.02. The van der Waals surface area contributed by atoms with Crippen LogP contribution in [0.4, 0.5) is 4.39 Å². The summed E-state index contributed by atoms with van der Waals surface area (Å²) in [6.45, 7) is 0.102. The van der Waals surface area contributed by atoms with Crippen molar-refractivity contribution in [3.8, 4) is 5.69 Å². The molecule has 0 fully saturated rings. The van der Waals surface area contributed by atoms with Crippen LogP contribution in [0.2, 0.25) is 0 Å². The maximum atomic E-state index is 12.8. The minimum Gasteiger partial charge on any atom is -0.461 e. The maximum Gasteiger partial charge on any atom is 0.358 e. The predicted octanol–water partition coefficient (Wildman–Crippen LogP) is 1.43. The second-order valence-electron chi connectivity index (χ2n) is 4.33. The fourth-order valence-electron chi connectivity index (χ4n) is 1.66. The van der Waals surface area contributed by atoms with Gasteiger partial charge in [0.05, 0.1) is 12.3 Å². The van der Waals surface area contributed by atoms with Crippen LogP contribution < -0.4 is 5.73 Å². The summed E-state index contributed by atoms with van der Waals surface area (Å²) in [6, 6.07) is 7.20. The van der Waals surface area contributed by atoms with Crippen LogP contribution in [0.15, 0.2) is 36.5 Å². The molecule has 0 bridgehead atoms. The van der Waals surface area contributed by atoms with Gasteiger partial charge in [0.1, 0.15) is 5.82 Å². The van der Waals surface area contributed by atoms with Gasteiger partial charge in [-0.25, -0.2) is 13.9 Å². The Kier molecular flexibility index (Phi) is 4.65. The number of halogens is 1. The number of carbonyl (C=O) groups is 2. The van der Waals surface area contributed by atoms with Gasteiger partial charge in [-0.15, -0.1) is 0 Å². The summed E-state index contributed by atoms with van der Waals surface area (Å²) in [6.07, 6.45) is 2.12. The number of nitrogens with zero attached hydrogens (tertiary/aromatic N) is 2. The van der Waals surface area contributed by atoms with Crippen molar-refractivity contribution >= 4 is 11.9 Å². The van der Waals surface area contributed by atoms with E-state index >= 15 is 0 Å². The van der Waals surface area contributed by atoms with Crippen molar-refractivity contribution in [3.05, 3.63) is 48.0 Å². The Morgan fingerprint density at radius 3 is 2.62 bits per heavy atom. The molecule has 7 heteroatoms. The molecular formula is C14H14FN3O3. The fraction of sp³-hybridized carbons (Fsp3) is 0.214. The number of rotatable bonds is 6. The number of ether oxygens (including phenoxy) is 1. The Morgan fingerprint density at radius 1 is 1.24 bits per heavy atom. The van der Waals surface area contributed by atoms with Crippen LogP contribution in [0.1, 0.15) is 23.3 Å². The van der Waals surface area contributed by atoms with Gasteiger partial charge in [-0.3, -0.25) is 4.79 Å². The number of carbonyl (C=O) groups excluding carboxylic acids is 2. The lowest BCUT2D eigenvalue weighted by Crippen LogP contribution is -2.13. The fourth-order valence-corrected chi connectivity index (χ4v) is 1.66. The smallest absolute Gasteiger partial charge is 0.358 e. The predicted molar refractivity (Wildman–Crippen MR) is 72.2 cm³/mol. The van der Waals surface area contributed by atoms with Crippen LogP contribution in [0.25, 0.3) is 5.69 Å². The molecule has 0 saturated heterocycles. The van der Waals surface area contributed by atoms with Crippen molar-refractivity contribution in [2.75, 3.05) is 6.61 Å². The van der Waals surface area contributed by atoms with Gasteiger partial charge < -0.3 is 10.5 Å². The van der Waals surface area contributed by atoms with Crippen LogP contribution in [0.5, 0.6) is 0 Å². The highest BCUT2D eigenvalue weighted by Gasteiger charge is 2.11. The van der Waals surface area contributed by atoms with Gasteiger partial charge in [0.2, 0.25) is 5.91 Å². The molecule has 0 unspecified atom stereocenters. The van der Waals surface area contributed by atoms with Crippen molar-refractivity contribution in [1.82, 2.24) is 9.78 Å². The SMILES string of the molecule is NC(=O)CCCOC(=O)c1ccn(-c2ccc(F)cc2)n1. The van der Waals surface area contributed by atoms with E-state index in [0.717, 1.165) is 0 Å². The Balaban J connectivity index is 1.94. The van der Waals surface area contributed by atoms with E-state index < -0.39 is 11.9 Å². The van der Waals surface area contributed by atoms with Gasteiger partial charge in [0.25, 0.3) is 0 Å². The van der Waals surface area contributed by atoms with E-state index in [0.29, 0.717) is 12.1 Å². The first kappa shape index (κ1) is 14.7. The Hall–Kier alpha value is -2.70. The van der Waals surface area contributed by atoms with Crippen LogP contribution in [-0.2, 0) is 9.53 Å². The summed E-state index contributed by atoms with van der Waals surface area (Å²) in [4.78, 5) is 22.3. The minimum atomic E-state index is -0.583. The largest absolute Gasteiger partial charge is 0.461 e. The molecule has 110 valence electrons. The second kappa shape index (κ2) is 6.65. The number of benzene rings is 1. The van der Waals surface area contributed by atoms with E-state index in [1.807, 2.05) is 0 Å². The molecule has 6 nitrogen and oxygen atoms in total. The Morgan fingerprint density at radius 2 is 1.95 bits per heavy atom. The van der Waals surface area contributed by atoms with Crippen molar-refractivity contribution < 1.29 is 18.7 Å². The van der Waals surface area contributed by atoms with E-state index in [2.05, 4.69) is 5.10 Å². The zero-order valence-electron chi connectivity index (χ0n) is 11.2. The van der Waals surface area contributed by atoms with E-state index in [1.54, 1.807) is 18.3 Å². The molecule has 1 heterocycles. The third kappa shape index (κ3) is 4.13. The molecule has 21 heavy (non-hydrogen) atoms. The van der Waals surface area contributed by atoms with E-state index in [-0.39, 0.29) is 24.5 Å². The highest BCUT2D eigenvalue weighted by Crippen LogP contribution is 2.09. The van der Waals surface area contributed by atoms with Crippen molar-refractivity contribution in [3.63, 3.8) is 0 Å². The van der Waals surface area contributed by atoms with E-state index in [4.69, 9.17) is 10.5 Å². The first-order valence-electron chi connectivity index (χ1n) is 6.33. The summed E-state index contributed by atoms with van der Waals surface area (Å²) < 4.78 is 19.2. The molecule has 0 spiro atoms. The molecule has 1 aromatic heterocycles. The Bertz CT molecular complexity index is 637. The molecule has 1 amide bonds. The van der Waals surface area contributed by atoms with Gasteiger partial charge in [-0.2, -0.15) is 5.10 Å². The number of hydrogen-bond acceptors (Lipinski definition) is 4. The van der Waals surface area contributed by atoms with Crippen LogP contribution >= 0.6 is 0 Å². The second-order valence-corrected chi connectivity index (χ2v) is 4.33. The lowest BCUT2D eigenvalue weighted by atomic mass is 10.3. The molecule has 1 aromatic carbocycles. The molecule has 0 saturated carbocycles. The lowest BCUT2D eigenvalue weighted by molar-refractivity contribution is -0.118. The van der Waals surface area contributed by atoms with E-state index in [1.165, 1.54) is 22.9 Å². The maximum absolute atomic E-state index is 12.8. The standard InChI is InChI=1S/C14H14FN3O3/c15-10-3-5-11(6-4-10)18-8-7-12(17-18)14(20)21-9-1-2-13(16)19/h3-8H,1-2,9H2,(H2,16,19).